The van der Waals surface area contributed by atoms with Crippen molar-refractivity contribution < 1.29 is 5.11 Å². The molecule has 0 aromatic heterocycles. The fourth-order valence-corrected chi connectivity index (χ4v) is 3.46. The third-order valence-corrected chi connectivity index (χ3v) is 4.50. The molecule has 2 N–H and O–H groups in total. The van der Waals surface area contributed by atoms with Gasteiger partial charge in [0.05, 0.1) is 6.61 Å². The lowest BCUT2D eigenvalue weighted by atomic mass is 10.0. The molecule has 1 aromatic carbocycles. The first-order valence-corrected chi connectivity index (χ1v) is 7.50. The van der Waals surface area contributed by atoms with E-state index >= 15 is 0 Å². The summed E-state index contributed by atoms with van der Waals surface area (Å²) in [5.41, 5.74) is 1.29. The Kier molecular flexibility index (Phi) is 5.36. The lowest BCUT2D eigenvalue weighted by Gasteiger charge is -2.18. The van der Waals surface area contributed by atoms with E-state index in [2.05, 4.69) is 29.6 Å². The van der Waals surface area contributed by atoms with E-state index < -0.39 is 0 Å². The van der Waals surface area contributed by atoms with Gasteiger partial charge in [0.15, 0.2) is 0 Å². The minimum atomic E-state index is 0.197. The fourth-order valence-electron chi connectivity index (χ4n) is 2.18. The molecule has 1 aliphatic rings. The number of hydrogen-bond acceptors (Lipinski definition) is 3. The van der Waals surface area contributed by atoms with Crippen LogP contribution in [0.2, 0.25) is 0 Å². The third-order valence-electron chi connectivity index (χ3n) is 3.26. The highest BCUT2D eigenvalue weighted by Gasteiger charge is 2.17. The summed E-state index contributed by atoms with van der Waals surface area (Å²) in [5.74, 6) is 3.37. The van der Waals surface area contributed by atoms with Crippen LogP contribution in [0.25, 0.3) is 0 Å². The average molecular weight is 251 g/mol. The minimum Gasteiger partial charge on any atom is -0.395 e. The Hall–Kier alpha value is -0.510. The molecule has 0 spiro atoms. The summed E-state index contributed by atoms with van der Waals surface area (Å²) in [6.45, 7) is 1.26. The molecule has 3 heteroatoms. The van der Waals surface area contributed by atoms with Gasteiger partial charge in [-0.1, -0.05) is 30.3 Å². The Morgan fingerprint density at radius 3 is 2.82 bits per heavy atom. The minimum absolute atomic E-state index is 0.197. The maximum atomic E-state index is 9.39. The van der Waals surface area contributed by atoms with Gasteiger partial charge in [-0.3, -0.25) is 0 Å². The van der Waals surface area contributed by atoms with Crippen LogP contribution < -0.4 is 5.32 Å². The van der Waals surface area contributed by atoms with Gasteiger partial charge in [0.1, 0.15) is 0 Å². The normalized spacial score (nSPS) is 21.6. The molecule has 94 valence electrons. The maximum Gasteiger partial charge on any atom is 0.0587 e. The van der Waals surface area contributed by atoms with E-state index in [9.17, 15) is 5.11 Å². The quantitative estimate of drug-likeness (QED) is 0.810. The van der Waals surface area contributed by atoms with Gasteiger partial charge in [-0.2, -0.15) is 11.8 Å². The van der Waals surface area contributed by atoms with E-state index in [0.29, 0.717) is 0 Å². The Balaban J connectivity index is 1.76. The van der Waals surface area contributed by atoms with Crippen LogP contribution >= 0.6 is 11.8 Å². The molecule has 0 bridgehead atoms. The first kappa shape index (κ1) is 12.9. The van der Waals surface area contributed by atoms with E-state index in [0.717, 1.165) is 18.9 Å². The van der Waals surface area contributed by atoms with E-state index in [-0.39, 0.29) is 12.6 Å². The maximum absolute atomic E-state index is 9.39. The molecule has 2 atom stereocenters. The number of aliphatic hydroxyl groups is 1. The monoisotopic (exact) mass is 251 g/mol. The van der Waals surface area contributed by atoms with E-state index in [1.165, 1.54) is 23.5 Å². The Morgan fingerprint density at radius 1 is 1.35 bits per heavy atom. The van der Waals surface area contributed by atoms with Gasteiger partial charge in [0.25, 0.3) is 0 Å². The smallest absolute Gasteiger partial charge is 0.0587 e. The number of thioether (sulfide) groups is 1. The van der Waals surface area contributed by atoms with Crippen molar-refractivity contribution in [3.8, 4) is 0 Å². The highest BCUT2D eigenvalue weighted by molar-refractivity contribution is 7.99. The number of hydrogen-bond donors (Lipinski definition) is 2. The Bertz CT molecular complexity index is 311. The summed E-state index contributed by atoms with van der Waals surface area (Å²) in [6.07, 6.45) is 2.23. The van der Waals surface area contributed by atoms with Crippen LogP contribution in [-0.4, -0.2) is 35.8 Å². The molecule has 0 aliphatic carbocycles. The predicted molar refractivity (Wildman–Crippen MR) is 74.5 cm³/mol. The van der Waals surface area contributed by atoms with Crippen molar-refractivity contribution in [2.24, 2.45) is 5.92 Å². The molecule has 1 heterocycles. The molecule has 0 radical (unpaired) electrons. The van der Waals surface area contributed by atoms with Crippen LogP contribution in [-0.2, 0) is 6.42 Å². The van der Waals surface area contributed by atoms with Crippen molar-refractivity contribution in [1.29, 1.82) is 0 Å². The molecule has 17 heavy (non-hydrogen) atoms. The van der Waals surface area contributed by atoms with Crippen molar-refractivity contribution in [1.82, 2.24) is 5.32 Å². The topological polar surface area (TPSA) is 32.3 Å². The van der Waals surface area contributed by atoms with Crippen LogP contribution in [0.5, 0.6) is 0 Å². The zero-order valence-electron chi connectivity index (χ0n) is 10.1. The zero-order chi connectivity index (χ0) is 11.9. The highest BCUT2D eigenvalue weighted by Crippen LogP contribution is 2.22. The van der Waals surface area contributed by atoms with Crippen molar-refractivity contribution >= 4 is 11.8 Å². The molecule has 1 aromatic rings. The summed E-state index contributed by atoms with van der Waals surface area (Å²) in [5, 5.41) is 12.9. The second kappa shape index (κ2) is 7.04. The van der Waals surface area contributed by atoms with Gasteiger partial charge < -0.3 is 10.4 Å². The molecule has 2 nitrogen and oxygen atoms in total. The van der Waals surface area contributed by atoms with Gasteiger partial charge in [-0.05, 0) is 42.4 Å². The van der Waals surface area contributed by atoms with E-state index in [4.69, 9.17) is 0 Å². The van der Waals surface area contributed by atoms with Crippen molar-refractivity contribution in [3.05, 3.63) is 35.9 Å². The molecule has 1 saturated heterocycles. The van der Waals surface area contributed by atoms with E-state index in [1.54, 1.807) is 0 Å². The van der Waals surface area contributed by atoms with Crippen molar-refractivity contribution in [2.75, 3.05) is 24.7 Å². The van der Waals surface area contributed by atoms with Crippen LogP contribution in [0.1, 0.15) is 12.0 Å². The average Bonchev–Trinajstić information content (AvgIpc) is 2.89. The predicted octanol–water partition coefficient (Wildman–Crippen LogP) is 1.93. The molecule has 2 rings (SSSR count). The van der Waals surface area contributed by atoms with Gasteiger partial charge in [0, 0.05) is 6.04 Å². The van der Waals surface area contributed by atoms with Crippen molar-refractivity contribution in [3.63, 3.8) is 0 Å². The van der Waals surface area contributed by atoms with Gasteiger partial charge >= 0.3 is 0 Å². The Morgan fingerprint density at radius 2 is 2.18 bits per heavy atom. The molecule has 1 fully saturated rings. The van der Waals surface area contributed by atoms with Crippen LogP contribution in [0, 0.1) is 5.92 Å². The van der Waals surface area contributed by atoms with Gasteiger partial charge in [0.2, 0.25) is 0 Å². The van der Waals surface area contributed by atoms with E-state index in [1.807, 2.05) is 17.8 Å². The fraction of sp³-hybridized carbons (Fsp3) is 0.571. The number of aliphatic hydroxyl groups excluding tert-OH is 1. The summed E-state index contributed by atoms with van der Waals surface area (Å²) in [7, 11) is 0. The molecule has 0 saturated carbocycles. The lowest BCUT2D eigenvalue weighted by molar-refractivity contribution is 0.237. The second-order valence-electron chi connectivity index (χ2n) is 4.71. The standard InChI is InChI=1S/C14H21NOS/c16-10-14(8-12-4-2-1-3-5-12)15-9-13-6-7-17-11-13/h1-5,13-16H,6-11H2/t13?,14-/m1/s1. The molecular formula is C14H21NOS. The SMILES string of the molecule is OC[C@@H](Cc1ccccc1)NCC1CCSC1. The van der Waals surface area contributed by atoms with Crippen molar-refractivity contribution in [2.45, 2.75) is 18.9 Å². The highest BCUT2D eigenvalue weighted by atomic mass is 32.2. The van der Waals surface area contributed by atoms with Crippen LogP contribution in [0.15, 0.2) is 30.3 Å². The second-order valence-corrected chi connectivity index (χ2v) is 5.86. The van der Waals surface area contributed by atoms with Crippen LogP contribution in [0.4, 0.5) is 0 Å². The summed E-state index contributed by atoms with van der Waals surface area (Å²) in [6, 6.07) is 10.6. The first-order chi connectivity index (χ1) is 8.38. The first-order valence-electron chi connectivity index (χ1n) is 6.34. The summed E-state index contributed by atoms with van der Waals surface area (Å²) in [4.78, 5) is 0. The number of benzene rings is 1. The lowest BCUT2D eigenvalue weighted by Crippen LogP contribution is -2.37. The van der Waals surface area contributed by atoms with Gasteiger partial charge in [-0.25, -0.2) is 0 Å². The number of nitrogens with one attached hydrogen (secondary N) is 1. The van der Waals surface area contributed by atoms with Crippen LogP contribution in [0.3, 0.4) is 0 Å². The molecule has 1 aliphatic heterocycles. The summed E-state index contributed by atoms with van der Waals surface area (Å²) < 4.78 is 0. The largest absolute Gasteiger partial charge is 0.395 e. The summed E-state index contributed by atoms with van der Waals surface area (Å²) >= 11 is 2.04. The Labute approximate surface area is 108 Å². The third kappa shape index (κ3) is 4.34. The molecular weight excluding hydrogens is 230 g/mol. The zero-order valence-corrected chi connectivity index (χ0v) is 11.0. The molecule has 0 amide bonds. The molecule has 1 unspecified atom stereocenters. The number of rotatable bonds is 6. The van der Waals surface area contributed by atoms with Gasteiger partial charge in [-0.15, -0.1) is 0 Å².